The Morgan fingerprint density at radius 3 is 3.00 bits per heavy atom. The number of nitrogens with two attached hydrogens (primary N) is 1. The summed E-state index contributed by atoms with van der Waals surface area (Å²) in [4.78, 5) is 8.66. The first kappa shape index (κ1) is 21.4. The second kappa shape index (κ2) is 10.5. The molecule has 28 heavy (non-hydrogen) atoms. The van der Waals surface area contributed by atoms with E-state index in [1.165, 1.54) is 29.8 Å². The minimum atomic E-state index is 0. The fourth-order valence-corrected chi connectivity index (χ4v) is 4.76. The number of thiophene rings is 1. The van der Waals surface area contributed by atoms with Gasteiger partial charge in [0.2, 0.25) is 0 Å². The highest BCUT2D eigenvalue weighted by molar-refractivity contribution is 14.0. The molecular formula is C21H29IN4OS. The highest BCUT2D eigenvalue weighted by Crippen LogP contribution is 2.31. The number of para-hydroxylation sites is 1. The van der Waals surface area contributed by atoms with Crippen LogP contribution in [0.2, 0.25) is 0 Å². The largest absolute Gasteiger partial charge is 0.493 e. The summed E-state index contributed by atoms with van der Waals surface area (Å²) in [6, 6.07) is 12.7. The summed E-state index contributed by atoms with van der Waals surface area (Å²) in [5.74, 6) is 2.08. The average Bonchev–Trinajstić information content (AvgIpc) is 3.20. The fourth-order valence-electron chi connectivity index (χ4n) is 4.01. The van der Waals surface area contributed by atoms with Crippen LogP contribution < -0.4 is 15.8 Å². The molecule has 0 amide bonds. The number of nitrogens with zero attached hydrogens (tertiary/aromatic N) is 2. The number of ether oxygens (including phenoxy) is 1. The van der Waals surface area contributed by atoms with E-state index in [-0.39, 0.29) is 30.0 Å². The molecule has 4 rings (SSSR count). The Labute approximate surface area is 188 Å². The van der Waals surface area contributed by atoms with Gasteiger partial charge in [-0.15, -0.1) is 35.3 Å². The van der Waals surface area contributed by atoms with Crippen LogP contribution in [0, 0.1) is 5.92 Å². The number of aliphatic imine (C=N–C) groups is 1. The molecular weight excluding hydrogens is 483 g/mol. The number of hydrogen-bond acceptors (Lipinski definition) is 4. The van der Waals surface area contributed by atoms with Crippen LogP contribution in [0.3, 0.4) is 0 Å². The first-order valence-corrected chi connectivity index (χ1v) is 10.7. The molecule has 2 aromatic rings. The van der Waals surface area contributed by atoms with E-state index < -0.39 is 0 Å². The topological polar surface area (TPSA) is 62.9 Å². The van der Waals surface area contributed by atoms with Gasteiger partial charge >= 0.3 is 0 Å². The summed E-state index contributed by atoms with van der Waals surface area (Å²) in [5, 5.41) is 5.55. The van der Waals surface area contributed by atoms with Gasteiger partial charge in [0.25, 0.3) is 0 Å². The number of likely N-dealkylation sites (tertiary alicyclic amines) is 1. The third kappa shape index (κ3) is 5.61. The number of piperidine rings is 1. The Kier molecular flexibility index (Phi) is 7.99. The van der Waals surface area contributed by atoms with Crippen LogP contribution in [-0.4, -0.2) is 37.1 Å². The average molecular weight is 512 g/mol. The molecule has 1 aromatic heterocycles. The fraction of sp³-hybridized carbons (Fsp3) is 0.476. The lowest BCUT2D eigenvalue weighted by Gasteiger charge is -2.32. The molecule has 0 aliphatic carbocycles. The highest BCUT2D eigenvalue weighted by atomic mass is 127. The maximum absolute atomic E-state index is 6.21. The Morgan fingerprint density at radius 1 is 1.25 bits per heavy atom. The molecule has 0 radical (unpaired) electrons. The van der Waals surface area contributed by atoms with Crippen molar-refractivity contribution < 1.29 is 4.74 Å². The number of guanidine groups is 1. The lowest BCUT2D eigenvalue weighted by atomic mass is 9.98. The Hall–Kier alpha value is -1.32. The van der Waals surface area contributed by atoms with Gasteiger partial charge in [-0.3, -0.25) is 9.89 Å². The predicted molar refractivity (Wildman–Crippen MR) is 127 cm³/mol. The van der Waals surface area contributed by atoms with Crippen molar-refractivity contribution in [3.63, 3.8) is 0 Å². The third-order valence-corrected chi connectivity index (χ3v) is 6.22. The van der Waals surface area contributed by atoms with E-state index in [9.17, 15) is 0 Å². The lowest BCUT2D eigenvalue weighted by Crippen LogP contribution is -2.39. The van der Waals surface area contributed by atoms with Gasteiger partial charge in [0.1, 0.15) is 5.75 Å². The van der Waals surface area contributed by atoms with E-state index in [1.54, 1.807) is 0 Å². The van der Waals surface area contributed by atoms with Crippen molar-refractivity contribution >= 4 is 41.3 Å². The molecule has 2 unspecified atom stereocenters. The third-order valence-electron chi connectivity index (χ3n) is 5.36. The summed E-state index contributed by atoms with van der Waals surface area (Å²) in [6.07, 6.45) is 3.38. The van der Waals surface area contributed by atoms with Crippen molar-refractivity contribution in [3.8, 4) is 5.75 Å². The highest BCUT2D eigenvalue weighted by Gasteiger charge is 2.22. The number of benzene rings is 1. The van der Waals surface area contributed by atoms with Crippen LogP contribution in [0.1, 0.15) is 35.7 Å². The summed E-state index contributed by atoms with van der Waals surface area (Å²) >= 11 is 1.84. The second-order valence-electron chi connectivity index (χ2n) is 7.42. The van der Waals surface area contributed by atoms with Crippen LogP contribution in [-0.2, 0) is 6.54 Å². The molecule has 1 aromatic carbocycles. The molecule has 0 spiro atoms. The molecule has 1 fully saturated rings. The van der Waals surface area contributed by atoms with Crippen LogP contribution in [0.25, 0.3) is 0 Å². The molecule has 2 atom stereocenters. The molecule has 3 heterocycles. The van der Waals surface area contributed by atoms with Crippen molar-refractivity contribution in [3.05, 3.63) is 52.2 Å². The summed E-state index contributed by atoms with van der Waals surface area (Å²) in [7, 11) is 0. The van der Waals surface area contributed by atoms with Crippen LogP contribution in [0.5, 0.6) is 5.75 Å². The van der Waals surface area contributed by atoms with E-state index >= 15 is 0 Å². The zero-order valence-corrected chi connectivity index (χ0v) is 19.2. The van der Waals surface area contributed by atoms with E-state index in [1.807, 2.05) is 29.5 Å². The van der Waals surface area contributed by atoms with Gasteiger partial charge in [-0.1, -0.05) is 24.3 Å². The van der Waals surface area contributed by atoms with E-state index in [0.717, 1.165) is 31.8 Å². The molecule has 2 aliphatic heterocycles. The second-order valence-corrected chi connectivity index (χ2v) is 8.45. The van der Waals surface area contributed by atoms with E-state index in [2.05, 4.69) is 38.8 Å². The maximum Gasteiger partial charge on any atom is 0.189 e. The van der Waals surface area contributed by atoms with Crippen molar-refractivity contribution in [2.75, 3.05) is 26.2 Å². The molecule has 0 saturated carbocycles. The molecule has 0 bridgehead atoms. The van der Waals surface area contributed by atoms with Crippen LogP contribution in [0.15, 0.2) is 46.8 Å². The van der Waals surface area contributed by atoms with Gasteiger partial charge in [-0.05, 0) is 42.8 Å². The normalized spacial score (nSPS) is 22.6. The standard InChI is InChI=1S/C21H28N4OS.HI/c22-21(24-19-9-11-26-20-8-2-1-7-18(19)20)23-13-16-5-3-10-25(14-16)15-17-6-4-12-27-17;/h1-2,4,6-8,12,16,19H,3,5,9-11,13-15H2,(H3,22,23,24);1H. The number of nitrogens with one attached hydrogen (secondary N) is 1. The van der Waals surface area contributed by atoms with Crippen molar-refractivity contribution in [2.24, 2.45) is 16.6 Å². The molecule has 1 saturated heterocycles. The van der Waals surface area contributed by atoms with Gasteiger partial charge in [0.05, 0.1) is 12.6 Å². The smallest absolute Gasteiger partial charge is 0.189 e. The lowest BCUT2D eigenvalue weighted by molar-refractivity contribution is 0.172. The number of halogens is 1. The minimum absolute atomic E-state index is 0. The van der Waals surface area contributed by atoms with E-state index in [0.29, 0.717) is 18.5 Å². The van der Waals surface area contributed by atoms with Gasteiger partial charge in [0, 0.05) is 36.5 Å². The summed E-state index contributed by atoms with van der Waals surface area (Å²) in [6.45, 7) is 4.86. The van der Waals surface area contributed by atoms with Gasteiger partial charge in [-0.25, -0.2) is 0 Å². The monoisotopic (exact) mass is 512 g/mol. The number of fused-ring (bicyclic) bond motifs is 1. The minimum Gasteiger partial charge on any atom is -0.493 e. The molecule has 5 nitrogen and oxygen atoms in total. The number of rotatable bonds is 5. The van der Waals surface area contributed by atoms with Crippen LogP contribution in [0.4, 0.5) is 0 Å². The van der Waals surface area contributed by atoms with Gasteiger partial charge < -0.3 is 15.8 Å². The molecule has 2 aliphatic rings. The molecule has 3 N–H and O–H groups in total. The molecule has 152 valence electrons. The Morgan fingerprint density at radius 2 is 2.14 bits per heavy atom. The summed E-state index contributed by atoms with van der Waals surface area (Å²) < 4.78 is 5.72. The van der Waals surface area contributed by atoms with Crippen molar-refractivity contribution in [1.82, 2.24) is 10.2 Å². The first-order chi connectivity index (χ1) is 13.3. The number of hydrogen-bond donors (Lipinski definition) is 2. The predicted octanol–water partition coefficient (Wildman–Crippen LogP) is 4.01. The SMILES string of the molecule is I.NC(=NCC1CCCN(Cc2cccs2)C1)NC1CCOc2ccccc21. The van der Waals surface area contributed by atoms with Crippen LogP contribution >= 0.6 is 35.3 Å². The summed E-state index contributed by atoms with van der Waals surface area (Å²) in [5.41, 5.74) is 7.38. The zero-order chi connectivity index (χ0) is 18.5. The molecule has 7 heteroatoms. The van der Waals surface area contributed by atoms with Gasteiger partial charge in [0.15, 0.2) is 5.96 Å². The maximum atomic E-state index is 6.21. The zero-order valence-electron chi connectivity index (χ0n) is 16.0. The Bertz CT molecular complexity index is 768. The quantitative estimate of drug-likeness (QED) is 0.361. The van der Waals surface area contributed by atoms with Crippen molar-refractivity contribution in [2.45, 2.75) is 31.8 Å². The first-order valence-electron chi connectivity index (χ1n) is 9.81. The van der Waals surface area contributed by atoms with E-state index in [4.69, 9.17) is 10.5 Å². The van der Waals surface area contributed by atoms with Crippen molar-refractivity contribution in [1.29, 1.82) is 0 Å². The van der Waals surface area contributed by atoms with Gasteiger partial charge in [-0.2, -0.15) is 0 Å². The Balaban J connectivity index is 0.00000225.